The van der Waals surface area contributed by atoms with Crippen molar-refractivity contribution < 1.29 is 0 Å². The maximum atomic E-state index is 6.40. The highest BCUT2D eigenvalue weighted by molar-refractivity contribution is 7.11. The van der Waals surface area contributed by atoms with Crippen LogP contribution in [0.15, 0.2) is 12.1 Å². The highest BCUT2D eigenvalue weighted by Gasteiger charge is 2.34. The van der Waals surface area contributed by atoms with Gasteiger partial charge in [0.25, 0.3) is 0 Å². The highest BCUT2D eigenvalue weighted by atomic mass is 32.1. The third-order valence-electron chi connectivity index (χ3n) is 4.13. The SMILES string of the molecule is CCc1ccc(CC(N)C2(C)CCCC2)s1. The van der Waals surface area contributed by atoms with E-state index in [-0.39, 0.29) is 0 Å². The van der Waals surface area contributed by atoms with E-state index < -0.39 is 0 Å². The molecule has 1 heterocycles. The molecule has 0 saturated heterocycles. The van der Waals surface area contributed by atoms with Gasteiger partial charge in [0, 0.05) is 15.8 Å². The van der Waals surface area contributed by atoms with Crippen molar-refractivity contribution in [3.8, 4) is 0 Å². The fourth-order valence-electron chi connectivity index (χ4n) is 2.74. The molecule has 1 aromatic heterocycles. The van der Waals surface area contributed by atoms with Crippen molar-refractivity contribution in [2.75, 3.05) is 0 Å². The minimum atomic E-state index is 0.346. The second-order valence-corrected chi connectivity index (χ2v) is 6.65. The number of hydrogen-bond acceptors (Lipinski definition) is 2. The highest BCUT2D eigenvalue weighted by Crippen LogP contribution is 2.41. The van der Waals surface area contributed by atoms with Gasteiger partial charge in [-0.3, -0.25) is 0 Å². The molecule has 0 amide bonds. The Morgan fingerprint density at radius 2 is 1.94 bits per heavy atom. The van der Waals surface area contributed by atoms with Gasteiger partial charge in [-0.25, -0.2) is 0 Å². The van der Waals surface area contributed by atoms with E-state index in [2.05, 4.69) is 26.0 Å². The summed E-state index contributed by atoms with van der Waals surface area (Å²) < 4.78 is 0. The minimum absolute atomic E-state index is 0.346. The van der Waals surface area contributed by atoms with Gasteiger partial charge in [0.1, 0.15) is 0 Å². The molecular formula is C14H23NS. The summed E-state index contributed by atoms with van der Waals surface area (Å²) in [5.74, 6) is 0. The largest absolute Gasteiger partial charge is 0.327 e. The van der Waals surface area contributed by atoms with Gasteiger partial charge in [-0.15, -0.1) is 11.3 Å². The van der Waals surface area contributed by atoms with Crippen LogP contribution in [0.4, 0.5) is 0 Å². The van der Waals surface area contributed by atoms with Crippen LogP contribution < -0.4 is 5.73 Å². The summed E-state index contributed by atoms with van der Waals surface area (Å²) in [7, 11) is 0. The Kier molecular flexibility index (Phi) is 3.70. The molecule has 1 aliphatic rings. The van der Waals surface area contributed by atoms with Crippen molar-refractivity contribution in [2.24, 2.45) is 11.1 Å². The van der Waals surface area contributed by atoms with Crippen LogP contribution in [-0.4, -0.2) is 6.04 Å². The second kappa shape index (κ2) is 4.89. The lowest BCUT2D eigenvalue weighted by Gasteiger charge is -2.30. The molecule has 1 nitrogen and oxygen atoms in total. The first-order valence-corrected chi connectivity index (χ1v) is 7.29. The Bertz CT molecular complexity index is 336. The van der Waals surface area contributed by atoms with Crippen molar-refractivity contribution in [1.82, 2.24) is 0 Å². The lowest BCUT2D eigenvalue weighted by atomic mass is 9.79. The molecule has 2 N–H and O–H groups in total. The Morgan fingerprint density at radius 3 is 2.50 bits per heavy atom. The topological polar surface area (TPSA) is 26.0 Å². The van der Waals surface area contributed by atoms with Gasteiger partial charge in [-0.1, -0.05) is 26.7 Å². The van der Waals surface area contributed by atoms with Crippen LogP contribution in [0.25, 0.3) is 0 Å². The third-order valence-corrected chi connectivity index (χ3v) is 5.38. The van der Waals surface area contributed by atoms with Crippen LogP contribution in [0.3, 0.4) is 0 Å². The number of aryl methyl sites for hydroxylation is 1. The number of thiophene rings is 1. The van der Waals surface area contributed by atoms with Gasteiger partial charge >= 0.3 is 0 Å². The molecule has 1 aliphatic carbocycles. The summed E-state index contributed by atoms with van der Waals surface area (Å²) in [6.07, 6.45) is 7.60. The smallest absolute Gasteiger partial charge is 0.0141 e. The first kappa shape index (κ1) is 12.1. The van der Waals surface area contributed by atoms with Gasteiger partial charge in [-0.05, 0) is 43.2 Å². The monoisotopic (exact) mass is 237 g/mol. The molecular weight excluding hydrogens is 214 g/mol. The van der Waals surface area contributed by atoms with E-state index >= 15 is 0 Å². The Hall–Kier alpha value is -0.340. The molecule has 16 heavy (non-hydrogen) atoms. The van der Waals surface area contributed by atoms with Crippen LogP contribution in [0, 0.1) is 5.41 Å². The summed E-state index contributed by atoms with van der Waals surface area (Å²) in [5.41, 5.74) is 6.80. The van der Waals surface area contributed by atoms with Crippen LogP contribution in [-0.2, 0) is 12.8 Å². The van der Waals surface area contributed by atoms with E-state index in [0.717, 1.165) is 12.8 Å². The molecule has 1 unspecified atom stereocenters. The molecule has 1 fully saturated rings. The second-order valence-electron chi connectivity index (χ2n) is 5.39. The van der Waals surface area contributed by atoms with Crippen LogP contribution >= 0.6 is 11.3 Å². The van der Waals surface area contributed by atoms with Gasteiger partial charge in [0.15, 0.2) is 0 Å². The standard InChI is InChI=1S/C14H23NS/c1-3-11-6-7-12(16-11)10-13(15)14(2)8-4-5-9-14/h6-7,13H,3-5,8-10,15H2,1-2H3. The van der Waals surface area contributed by atoms with Gasteiger partial charge < -0.3 is 5.73 Å². The molecule has 2 heteroatoms. The molecule has 1 aromatic rings. The third kappa shape index (κ3) is 2.49. The lowest BCUT2D eigenvalue weighted by Crippen LogP contribution is -2.39. The molecule has 0 spiro atoms. The van der Waals surface area contributed by atoms with Crippen LogP contribution in [0.2, 0.25) is 0 Å². The summed E-state index contributed by atoms with van der Waals surface area (Å²) in [6.45, 7) is 4.59. The molecule has 0 bridgehead atoms. The van der Waals surface area contributed by atoms with Crippen LogP contribution in [0.5, 0.6) is 0 Å². The van der Waals surface area contributed by atoms with Crippen LogP contribution in [0.1, 0.15) is 49.3 Å². The average Bonchev–Trinajstić information content (AvgIpc) is 2.88. The molecule has 0 aliphatic heterocycles. The maximum Gasteiger partial charge on any atom is 0.0141 e. The van der Waals surface area contributed by atoms with E-state index in [4.69, 9.17) is 5.73 Å². The van der Waals surface area contributed by atoms with E-state index in [1.54, 1.807) is 0 Å². The van der Waals surface area contributed by atoms with Gasteiger partial charge in [-0.2, -0.15) is 0 Å². The summed E-state index contributed by atoms with van der Waals surface area (Å²) in [6, 6.07) is 4.86. The zero-order chi connectivity index (χ0) is 11.6. The lowest BCUT2D eigenvalue weighted by molar-refractivity contribution is 0.261. The van der Waals surface area contributed by atoms with Gasteiger partial charge in [0.05, 0.1) is 0 Å². The number of hydrogen-bond donors (Lipinski definition) is 1. The zero-order valence-electron chi connectivity index (χ0n) is 10.5. The molecule has 90 valence electrons. The van der Waals surface area contributed by atoms with E-state index in [1.807, 2.05) is 11.3 Å². The van der Waals surface area contributed by atoms with Crippen molar-refractivity contribution in [3.63, 3.8) is 0 Å². The fraction of sp³-hybridized carbons (Fsp3) is 0.714. The van der Waals surface area contributed by atoms with Crippen molar-refractivity contribution in [3.05, 3.63) is 21.9 Å². The zero-order valence-corrected chi connectivity index (χ0v) is 11.3. The molecule has 0 aromatic carbocycles. The molecule has 2 rings (SSSR count). The normalized spacial score (nSPS) is 21.2. The van der Waals surface area contributed by atoms with Crippen molar-refractivity contribution in [2.45, 2.75) is 58.4 Å². The number of nitrogens with two attached hydrogens (primary N) is 1. The molecule has 1 atom stereocenters. The quantitative estimate of drug-likeness (QED) is 0.848. The molecule has 0 radical (unpaired) electrons. The summed E-state index contributed by atoms with van der Waals surface area (Å²) >= 11 is 1.94. The first-order valence-electron chi connectivity index (χ1n) is 6.47. The number of rotatable bonds is 4. The Labute approximate surface area is 103 Å². The minimum Gasteiger partial charge on any atom is -0.327 e. The maximum absolute atomic E-state index is 6.40. The predicted octanol–water partition coefficient (Wildman–Crippen LogP) is 3.76. The fourth-order valence-corrected chi connectivity index (χ4v) is 3.75. The molecule has 1 saturated carbocycles. The van der Waals surface area contributed by atoms with Gasteiger partial charge in [0.2, 0.25) is 0 Å². The summed E-state index contributed by atoms with van der Waals surface area (Å²) in [5, 5.41) is 0. The van der Waals surface area contributed by atoms with E-state index in [9.17, 15) is 0 Å². The van der Waals surface area contributed by atoms with E-state index in [1.165, 1.54) is 35.4 Å². The Balaban J connectivity index is 1.98. The van der Waals surface area contributed by atoms with Crippen molar-refractivity contribution >= 4 is 11.3 Å². The average molecular weight is 237 g/mol. The van der Waals surface area contributed by atoms with Crippen molar-refractivity contribution in [1.29, 1.82) is 0 Å². The first-order chi connectivity index (χ1) is 7.64. The summed E-state index contributed by atoms with van der Waals surface area (Å²) in [4.78, 5) is 2.95. The Morgan fingerprint density at radius 1 is 1.31 bits per heavy atom. The van der Waals surface area contributed by atoms with E-state index in [0.29, 0.717) is 11.5 Å². The predicted molar refractivity (Wildman–Crippen MR) is 72.0 cm³/mol.